The van der Waals surface area contributed by atoms with Crippen LogP contribution in [-0.2, 0) is 62.4 Å². The average molecular weight is 1130 g/mol. The van der Waals surface area contributed by atoms with Crippen molar-refractivity contribution in [3.8, 4) is 0 Å². The predicted molar refractivity (Wildman–Crippen MR) is 296 cm³/mol. The van der Waals surface area contributed by atoms with Crippen molar-refractivity contribution in [3.63, 3.8) is 0 Å². The lowest BCUT2D eigenvalue weighted by Gasteiger charge is -2.32. The lowest BCUT2D eigenvalue weighted by molar-refractivity contribution is -0.147. The lowest BCUT2D eigenvalue weighted by atomic mass is 10.0. The quantitative estimate of drug-likeness (QED) is 0.0171. The molecule has 2 aliphatic heterocycles. The van der Waals surface area contributed by atoms with E-state index < -0.39 is 121 Å². The minimum absolute atomic E-state index is 0.0551. The second-order valence-electron chi connectivity index (χ2n) is 19.8. The average Bonchev–Trinajstić information content (AvgIpc) is 4.12. The van der Waals surface area contributed by atoms with Crippen LogP contribution in [0, 0.1) is 0 Å². The van der Waals surface area contributed by atoms with Crippen LogP contribution in [0.15, 0.2) is 101 Å². The Labute approximate surface area is 468 Å². The Hall–Kier alpha value is -8.69. The van der Waals surface area contributed by atoms with E-state index in [9.17, 15) is 58.5 Å². The molecule has 81 heavy (non-hydrogen) atoms. The number of aliphatic imine (C=N–C) groups is 2. The molecule has 0 bridgehead atoms. The van der Waals surface area contributed by atoms with Crippen molar-refractivity contribution >= 4 is 65.1 Å². The molecule has 8 amide bonds. The molecule has 0 aliphatic carbocycles. The highest BCUT2D eigenvalue weighted by Gasteiger charge is 2.45. The summed E-state index contributed by atoms with van der Waals surface area (Å²) in [5, 5.41) is 46.4. The van der Waals surface area contributed by atoms with Crippen LogP contribution in [0.1, 0.15) is 61.6 Å². The maximum absolute atomic E-state index is 14.3. The Bertz CT molecular complexity index is 2680. The number of rotatable bonds is 30. The maximum atomic E-state index is 14.3. The number of nitrogens with one attached hydrogen (secondary N) is 6. The second kappa shape index (κ2) is 31.8. The van der Waals surface area contributed by atoms with Crippen LogP contribution >= 0.6 is 0 Å². The van der Waals surface area contributed by atoms with Crippen LogP contribution in [0.25, 0.3) is 0 Å². The van der Waals surface area contributed by atoms with E-state index >= 15 is 0 Å². The van der Waals surface area contributed by atoms with E-state index in [0.29, 0.717) is 36.0 Å². The minimum Gasteiger partial charge on any atom is -0.480 e. The number of guanidine groups is 2. The fourth-order valence-corrected chi connectivity index (χ4v) is 9.39. The molecule has 19 N–H and O–H groups in total. The van der Waals surface area contributed by atoms with Gasteiger partial charge in [0.15, 0.2) is 11.9 Å². The molecule has 0 spiro atoms. The zero-order valence-corrected chi connectivity index (χ0v) is 44.9. The number of aliphatic carboxylic acids is 1. The van der Waals surface area contributed by atoms with Crippen molar-refractivity contribution in [2.24, 2.45) is 38.7 Å². The highest BCUT2D eigenvalue weighted by Crippen LogP contribution is 2.26. The highest BCUT2D eigenvalue weighted by atomic mass is 16.4. The standard InChI is InChI=1S/C54H75N15O12/c55-36(19-10-22-60-53(56)57)50(78)68-24-12-21-42(68)51(79)69-30-35(71)28-43(69)49(77)62-29-44(72)63-38(25-32-13-4-1-5-14-32)45(73)67-41(31-70)48(76)66-40(27-34-17-8-3-9-18-34)47(75)65-39(26-33-15-6-2-7-16-33)46(74)64-37(52(80)81)20-11-23-61-54(58)59/h1-9,13-18,35-43,70-71H,10-12,19-31,55H2,(H,62,77)(H,63,72)(H,64,74)(H,65,75)(H,66,76)(H,67,73)(H,80,81)(H4,56,57,60)(H4,58,59,61)/t35-,36-,37-,38+,39+,40-,41+,42+,43+/m1/s1. The van der Waals surface area contributed by atoms with Crippen molar-refractivity contribution in [1.29, 1.82) is 0 Å². The molecule has 0 aromatic heterocycles. The van der Waals surface area contributed by atoms with Crippen LogP contribution in [0.4, 0.5) is 0 Å². The SMILES string of the molecule is NC(N)=NCCC[C@@H](N)C(=O)N1CCC[C@H]1C(=O)N1C[C@H](O)C[C@H]1C(=O)NCC(=O)N[C@@H](Cc1ccccc1)C(=O)N[C@@H](CO)C(=O)N[C@H](Cc1ccccc1)C(=O)N[C@@H](Cc1ccccc1)C(=O)N[C@H](CCCN=C(N)N)C(=O)O. The predicted octanol–water partition coefficient (Wildman–Crippen LogP) is -4.28. The molecule has 3 aromatic rings. The summed E-state index contributed by atoms with van der Waals surface area (Å²) < 4.78 is 0. The van der Waals surface area contributed by atoms with E-state index in [1.54, 1.807) is 91.0 Å². The minimum atomic E-state index is -1.72. The fraction of sp³-hybridized carbons (Fsp3) is 0.463. The number of nitrogens with zero attached hydrogens (tertiary/aromatic N) is 4. The third kappa shape index (κ3) is 20.2. The highest BCUT2D eigenvalue weighted by molar-refractivity contribution is 5.98. The second-order valence-corrected chi connectivity index (χ2v) is 19.8. The summed E-state index contributed by atoms with van der Waals surface area (Å²) in [5.74, 6) is -7.99. The van der Waals surface area contributed by atoms with Gasteiger partial charge < -0.3 is 85.7 Å². The molecule has 0 unspecified atom stereocenters. The normalized spacial score (nSPS) is 17.8. The van der Waals surface area contributed by atoms with E-state index in [1.165, 1.54) is 9.80 Å². The summed E-state index contributed by atoms with van der Waals surface area (Å²) in [6.07, 6.45) is -0.0458. The molecule has 0 saturated carbocycles. The number of β-amino-alcohol motifs (C(OH)–C–C–N with tert-alkyl or cyclic N) is 1. The molecule has 2 heterocycles. The van der Waals surface area contributed by atoms with Gasteiger partial charge in [0.05, 0.1) is 25.3 Å². The summed E-state index contributed by atoms with van der Waals surface area (Å²) in [6, 6.07) is 15.1. The lowest BCUT2D eigenvalue weighted by Crippen LogP contribution is -2.60. The van der Waals surface area contributed by atoms with E-state index in [4.69, 9.17) is 28.7 Å². The Kier molecular flexibility index (Phi) is 24.8. The molecule has 3 aromatic carbocycles. The van der Waals surface area contributed by atoms with E-state index in [1.807, 2.05) is 0 Å². The number of carbonyl (C=O) groups excluding carboxylic acids is 8. The topological polar surface area (TPSA) is 448 Å². The third-order valence-corrected chi connectivity index (χ3v) is 13.5. The van der Waals surface area contributed by atoms with Crippen molar-refractivity contribution in [2.75, 3.05) is 39.3 Å². The van der Waals surface area contributed by atoms with Gasteiger partial charge >= 0.3 is 5.97 Å². The fourth-order valence-electron chi connectivity index (χ4n) is 9.39. The molecule has 9 atom stereocenters. The number of carbonyl (C=O) groups is 9. The Morgan fingerprint density at radius 1 is 0.593 bits per heavy atom. The summed E-state index contributed by atoms with van der Waals surface area (Å²) >= 11 is 0. The molecule has 27 heteroatoms. The van der Waals surface area contributed by atoms with E-state index in [2.05, 4.69) is 41.9 Å². The summed E-state index contributed by atoms with van der Waals surface area (Å²) in [4.78, 5) is 134. The van der Waals surface area contributed by atoms with Crippen molar-refractivity contribution in [2.45, 2.75) is 119 Å². The number of likely N-dealkylation sites (tertiary alicyclic amines) is 2. The van der Waals surface area contributed by atoms with Crippen molar-refractivity contribution < 1.29 is 58.5 Å². The van der Waals surface area contributed by atoms with Gasteiger partial charge in [0.25, 0.3) is 0 Å². The zero-order valence-electron chi connectivity index (χ0n) is 44.9. The monoisotopic (exact) mass is 1130 g/mol. The Morgan fingerprint density at radius 2 is 1.04 bits per heavy atom. The van der Waals surface area contributed by atoms with Gasteiger partial charge in [-0.05, 0) is 55.2 Å². The molecular weight excluding hydrogens is 1050 g/mol. The van der Waals surface area contributed by atoms with Crippen LogP contribution in [0.2, 0.25) is 0 Å². The summed E-state index contributed by atoms with van der Waals surface area (Å²) in [5.41, 5.74) is 29.5. The first-order valence-electron chi connectivity index (χ1n) is 26.6. The third-order valence-electron chi connectivity index (χ3n) is 13.5. The number of aliphatic hydroxyl groups is 2. The number of benzene rings is 3. The van der Waals surface area contributed by atoms with Gasteiger partial charge in [0, 0.05) is 51.9 Å². The molecule has 2 aliphatic rings. The maximum Gasteiger partial charge on any atom is 0.326 e. The zero-order chi connectivity index (χ0) is 59.0. The number of nitrogens with two attached hydrogens (primary N) is 5. The largest absolute Gasteiger partial charge is 0.480 e. The first-order chi connectivity index (χ1) is 38.7. The summed E-state index contributed by atoms with van der Waals surface area (Å²) in [6.45, 7) is -1.30. The van der Waals surface area contributed by atoms with Gasteiger partial charge in [0.2, 0.25) is 47.3 Å². The van der Waals surface area contributed by atoms with E-state index in [-0.39, 0.29) is 83.0 Å². The van der Waals surface area contributed by atoms with Crippen LogP contribution < -0.4 is 60.6 Å². The summed E-state index contributed by atoms with van der Waals surface area (Å²) in [7, 11) is 0. The number of carboxylic acid groups (broad SMARTS) is 1. The molecule has 5 rings (SSSR count). The number of amides is 8. The Balaban J connectivity index is 1.27. The van der Waals surface area contributed by atoms with Crippen LogP contribution in [-0.4, -0.2) is 184 Å². The number of aliphatic hydroxyl groups excluding tert-OH is 2. The van der Waals surface area contributed by atoms with Gasteiger partial charge in [-0.2, -0.15) is 0 Å². The molecular formula is C54H75N15O12. The Morgan fingerprint density at radius 3 is 1.51 bits per heavy atom. The van der Waals surface area contributed by atoms with Crippen LogP contribution in [0.5, 0.6) is 0 Å². The smallest absolute Gasteiger partial charge is 0.326 e. The van der Waals surface area contributed by atoms with Gasteiger partial charge in [-0.25, -0.2) is 4.79 Å². The molecule has 27 nitrogen and oxygen atoms in total. The van der Waals surface area contributed by atoms with Crippen LogP contribution in [0.3, 0.4) is 0 Å². The van der Waals surface area contributed by atoms with Gasteiger partial charge in [-0.15, -0.1) is 0 Å². The first kappa shape index (κ1) is 63.1. The molecule has 2 saturated heterocycles. The first-order valence-corrected chi connectivity index (χ1v) is 26.6. The van der Waals surface area contributed by atoms with E-state index in [0.717, 1.165) is 0 Å². The van der Waals surface area contributed by atoms with Gasteiger partial charge in [0.1, 0.15) is 42.3 Å². The number of hydrogen-bond acceptors (Lipinski definition) is 14. The molecule has 0 radical (unpaired) electrons. The van der Waals surface area contributed by atoms with Crippen molar-refractivity contribution in [3.05, 3.63) is 108 Å². The van der Waals surface area contributed by atoms with Crippen molar-refractivity contribution in [1.82, 2.24) is 41.7 Å². The number of carboxylic acids is 1. The molecule has 438 valence electrons. The molecule has 2 fully saturated rings. The number of hydrogen-bond donors (Lipinski definition) is 14. The van der Waals surface area contributed by atoms with Gasteiger partial charge in [-0.1, -0.05) is 91.0 Å². The van der Waals surface area contributed by atoms with Gasteiger partial charge in [-0.3, -0.25) is 48.3 Å².